The lowest BCUT2D eigenvalue weighted by Gasteiger charge is -2.39. The Kier molecular flexibility index (Phi) is 7.53. The van der Waals surface area contributed by atoms with Crippen molar-refractivity contribution in [3.8, 4) is 0 Å². The number of rotatable bonds is 5. The molecule has 1 aliphatic heterocycles. The highest BCUT2D eigenvalue weighted by atomic mass is 15.1. The van der Waals surface area contributed by atoms with Crippen LogP contribution in [0.1, 0.15) is 84.5 Å². The van der Waals surface area contributed by atoms with Crippen LogP contribution in [0.25, 0.3) is 0 Å². The summed E-state index contributed by atoms with van der Waals surface area (Å²) < 4.78 is 0. The fourth-order valence-corrected chi connectivity index (χ4v) is 4.24. The molecule has 0 atom stereocenters. The van der Waals surface area contributed by atoms with Crippen molar-refractivity contribution in [3.63, 3.8) is 0 Å². The summed E-state index contributed by atoms with van der Waals surface area (Å²) in [4.78, 5) is 2.81. The van der Waals surface area contributed by atoms with Crippen LogP contribution in [-0.4, -0.2) is 37.1 Å². The van der Waals surface area contributed by atoms with Crippen molar-refractivity contribution >= 4 is 0 Å². The molecule has 2 nitrogen and oxygen atoms in total. The normalized spacial score (nSPS) is 25.3. The van der Waals surface area contributed by atoms with Gasteiger partial charge in [-0.3, -0.25) is 0 Å². The highest BCUT2D eigenvalue weighted by molar-refractivity contribution is 4.87. The molecule has 124 valence electrons. The fourth-order valence-electron chi connectivity index (χ4n) is 4.24. The molecular weight excluding hydrogens is 256 g/mol. The highest BCUT2D eigenvalue weighted by Crippen LogP contribution is 2.36. The van der Waals surface area contributed by atoms with Gasteiger partial charge in [0, 0.05) is 19.1 Å². The van der Waals surface area contributed by atoms with Gasteiger partial charge >= 0.3 is 0 Å². The molecule has 0 aromatic rings. The van der Waals surface area contributed by atoms with Gasteiger partial charge in [0.05, 0.1) is 0 Å². The Morgan fingerprint density at radius 1 is 0.810 bits per heavy atom. The van der Waals surface area contributed by atoms with Crippen LogP contribution in [0.15, 0.2) is 0 Å². The first-order chi connectivity index (χ1) is 10.2. The molecule has 0 aromatic heterocycles. The van der Waals surface area contributed by atoms with Crippen molar-refractivity contribution < 1.29 is 0 Å². The van der Waals surface area contributed by atoms with E-state index < -0.39 is 0 Å². The van der Waals surface area contributed by atoms with E-state index in [0.717, 1.165) is 0 Å². The Hall–Kier alpha value is -0.0800. The fraction of sp³-hybridized carbons (Fsp3) is 1.00. The predicted molar refractivity (Wildman–Crippen MR) is 92.8 cm³/mol. The molecule has 2 heteroatoms. The molecule has 1 N–H and O–H groups in total. The average Bonchev–Trinajstić information content (AvgIpc) is 2.66. The summed E-state index contributed by atoms with van der Waals surface area (Å²) in [6.45, 7) is 9.88. The van der Waals surface area contributed by atoms with E-state index in [1.165, 1.54) is 96.8 Å². The van der Waals surface area contributed by atoms with E-state index in [2.05, 4.69) is 24.1 Å². The maximum atomic E-state index is 3.77. The van der Waals surface area contributed by atoms with E-state index in [1.807, 2.05) is 0 Å². The van der Waals surface area contributed by atoms with Crippen LogP contribution in [0.2, 0.25) is 0 Å². The van der Waals surface area contributed by atoms with Crippen molar-refractivity contribution in [2.24, 2.45) is 5.41 Å². The number of hydrogen-bond donors (Lipinski definition) is 1. The average molecular weight is 295 g/mol. The van der Waals surface area contributed by atoms with E-state index in [9.17, 15) is 0 Å². The molecule has 0 radical (unpaired) electrons. The molecule has 1 heterocycles. The van der Waals surface area contributed by atoms with Gasteiger partial charge in [0.1, 0.15) is 0 Å². The highest BCUT2D eigenvalue weighted by Gasteiger charge is 2.32. The standard InChI is InChI=1S/C19H38N2/c1-18(2)20-16-19(12-8-4-5-9-13-19)17-21-14-10-6-3-7-11-15-21/h18,20H,3-17H2,1-2H3. The largest absolute Gasteiger partial charge is 0.314 e. The first-order valence-corrected chi connectivity index (χ1v) is 9.66. The van der Waals surface area contributed by atoms with Crippen LogP contribution in [0.5, 0.6) is 0 Å². The molecule has 0 unspecified atom stereocenters. The van der Waals surface area contributed by atoms with Gasteiger partial charge in [-0.05, 0) is 44.2 Å². The molecule has 0 aromatic carbocycles. The summed E-state index contributed by atoms with van der Waals surface area (Å²) in [6, 6.07) is 0.623. The third kappa shape index (κ3) is 6.28. The molecule has 2 aliphatic rings. The minimum atomic E-state index is 0.556. The van der Waals surface area contributed by atoms with Crippen molar-refractivity contribution in [1.82, 2.24) is 10.2 Å². The van der Waals surface area contributed by atoms with Crippen LogP contribution in [0.4, 0.5) is 0 Å². The topological polar surface area (TPSA) is 15.3 Å². The molecule has 2 fully saturated rings. The molecule has 0 amide bonds. The lowest BCUT2D eigenvalue weighted by atomic mass is 9.79. The zero-order valence-corrected chi connectivity index (χ0v) is 14.6. The van der Waals surface area contributed by atoms with E-state index in [-0.39, 0.29) is 0 Å². The van der Waals surface area contributed by atoms with Gasteiger partial charge < -0.3 is 10.2 Å². The minimum absolute atomic E-state index is 0.556. The van der Waals surface area contributed by atoms with Crippen LogP contribution < -0.4 is 5.32 Å². The molecule has 2 rings (SSSR count). The monoisotopic (exact) mass is 294 g/mol. The zero-order chi connectivity index (χ0) is 15.0. The van der Waals surface area contributed by atoms with E-state index in [1.54, 1.807) is 0 Å². The Labute approximate surface area is 133 Å². The summed E-state index contributed by atoms with van der Waals surface area (Å²) in [5.41, 5.74) is 0.556. The number of hydrogen-bond acceptors (Lipinski definition) is 2. The van der Waals surface area contributed by atoms with Gasteiger partial charge in [0.15, 0.2) is 0 Å². The van der Waals surface area contributed by atoms with Gasteiger partial charge in [0.25, 0.3) is 0 Å². The van der Waals surface area contributed by atoms with Gasteiger partial charge in [-0.25, -0.2) is 0 Å². The second kappa shape index (κ2) is 9.15. The van der Waals surface area contributed by atoms with E-state index in [0.29, 0.717) is 11.5 Å². The van der Waals surface area contributed by atoms with Gasteiger partial charge in [-0.2, -0.15) is 0 Å². The maximum absolute atomic E-state index is 3.77. The molecule has 1 saturated heterocycles. The SMILES string of the molecule is CC(C)NCC1(CN2CCCCCCC2)CCCCCC1. The third-order valence-corrected chi connectivity index (χ3v) is 5.56. The number of nitrogens with zero attached hydrogens (tertiary/aromatic N) is 1. The van der Waals surface area contributed by atoms with Crippen molar-refractivity contribution in [1.29, 1.82) is 0 Å². The zero-order valence-electron chi connectivity index (χ0n) is 14.6. The lowest BCUT2D eigenvalue weighted by molar-refractivity contribution is 0.117. The molecule has 0 spiro atoms. The van der Waals surface area contributed by atoms with E-state index in [4.69, 9.17) is 0 Å². The van der Waals surface area contributed by atoms with Crippen molar-refractivity contribution in [2.45, 2.75) is 90.5 Å². The summed E-state index contributed by atoms with van der Waals surface area (Å²) in [6.07, 6.45) is 15.9. The Balaban J connectivity index is 1.95. The predicted octanol–water partition coefficient (Wildman–Crippen LogP) is 4.59. The summed E-state index contributed by atoms with van der Waals surface area (Å²) in [5.74, 6) is 0. The Morgan fingerprint density at radius 2 is 1.33 bits per heavy atom. The van der Waals surface area contributed by atoms with E-state index >= 15 is 0 Å². The first kappa shape index (κ1) is 17.3. The van der Waals surface area contributed by atoms with Gasteiger partial charge in [0.2, 0.25) is 0 Å². The first-order valence-electron chi connectivity index (χ1n) is 9.66. The third-order valence-electron chi connectivity index (χ3n) is 5.56. The van der Waals surface area contributed by atoms with Crippen LogP contribution >= 0.6 is 0 Å². The number of nitrogens with one attached hydrogen (secondary N) is 1. The maximum Gasteiger partial charge on any atom is 0.00501 e. The molecule has 0 bridgehead atoms. The molecule has 1 aliphatic carbocycles. The van der Waals surface area contributed by atoms with Crippen molar-refractivity contribution in [3.05, 3.63) is 0 Å². The molecular formula is C19H38N2. The molecule has 21 heavy (non-hydrogen) atoms. The van der Waals surface area contributed by atoms with Gasteiger partial charge in [-0.15, -0.1) is 0 Å². The summed E-state index contributed by atoms with van der Waals surface area (Å²) >= 11 is 0. The minimum Gasteiger partial charge on any atom is -0.314 e. The van der Waals surface area contributed by atoms with Crippen LogP contribution in [0.3, 0.4) is 0 Å². The summed E-state index contributed by atoms with van der Waals surface area (Å²) in [7, 11) is 0. The van der Waals surface area contributed by atoms with Crippen LogP contribution in [0, 0.1) is 5.41 Å². The number of likely N-dealkylation sites (tertiary alicyclic amines) is 1. The second-order valence-electron chi connectivity index (χ2n) is 7.99. The second-order valence-corrected chi connectivity index (χ2v) is 7.99. The van der Waals surface area contributed by atoms with Crippen molar-refractivity contribution in [2.75, 3.05) is 26.2 Å². The smallest absolute Gasteiger partial charge is 0.00501 e. The Morgan fingerprint density at radius 3 is 1.90 bits per heavy atom. The quantitative estimate of drug-likeness (QED) is 0.746. The lowest BCUT2D eigenvalue weighted by Crippen LogP contribution is -2.46. The Bertz CT molecular complexity index is 259. The molecule has 1 saturated carbocycles. The summed E-state index contributed by atoms with van der Waals surface area (Å²) in [5, 5.41) is 3.77. The van der Waals surface area contributed by atoms with Gasteiger partial charge in [-0.1, -0.05) is 58.8 Å². The van der Waals surface area contributed by atoms with Crippen LogP contribution in [-0.2, 0) is 0 Å².